The molecule has 0 bridgehead atoms. The maximum atomic E-state index is 5.91. The van der Waals surface area contributed by atoms with E-state index in [1.807, 2.05) is 11.8 Å². The van der Waals surface area contributed by atoms with Gasteiger partial charge in [-0.1, -0.05) is 0 Å². The zero-order valence-corrected chi connectivity index (χ0v) is 10.5. The molecule has 2 aliphatic rings. The van der Waals surface area contributed by atoms with Crippen molar-refractivity contribution in [1.29, 1.82) is 0 Å². The predicted octanol–water partition coefficient (Wildman–Crippen LogP) is 0.777. The Balaban J connectivity index is 1.57. The maximum Gasteiger partial charge on any atom is 0.191 e. The summed E-state index contributed by atoms with van der Waals surface area (Å²) in [5.74, 6) is 3.85. The van der Waals surface area contributed by atoms with Gasteiger partial charge in [-0.3, -0.25) is 4.99 Å². The van der Waals surface area contributed by atoms with Crippen LogP contribution in [0, 0.1) is 5.92 Å². The Bertz CT molecular complexity index is 237. The van der Waals surface area contributed by atoms with E-state index in [0.29, 0.717) is 19.1 Å². The van der Waals surface area contributed by atoms with Crippen LogP contribution in [0.25, 0.3) is 0 Å². The molecule has 1 heterocycles. The van der Waals surface area contributed by atoms with E-state index in [2.05, 4.69) is 9.89 Å². The number of guanidine groups is 1. The molecule has 0 aromatic rings. The fraction of sp³-hybridized carbons (Fsp3) is 0.909. The van der Waals surface area contributed by atoms with Gasteiger partial charge in [0.05, 0.1) is 13.2 Å². The standard InChI is InChI=1S/C11H21N3OS/c12-11(14-4-7-16-8-5-14)13-3-6-15-9-10-1-2-10/h10H,1-9H2,(H2,12,13). The van der Waals surface area contributed by atoms with Gasteiger partial charge in [0.1, 0.15) is 0 Å². The lowest BCUT2D eigenvalue weighted by Gasteiger charge is -2.27. The minimum absolute atomic E-state index is 0.690. The van der Waals surface area contributed by atoms with E-state index in [0.717, 1.165) is 37.1 Å². The van der Waals surface area contributed by atoms with Crippen LogP contribution in [0.3, 0.4) is 0 Å². The SMILES string of the molecule is NC(=NCCOCC1CC1)N1CCSCC1. The minimum Gasteiger partial charge on any atom is -0.379 e. The second-order valence-electron chi connectivity index (χ2n) is 4.36. The Hall–Kier alpha value is -0.420. The molecular formula is C11H21N3OS. The van der Waals surface area contributed by atoms with Crippen LogP contribution in [0.2, 0.25) is 0 Å². The lowest BCUT2D eigenvalue weighted by atomic mass is 10.5. The highest BCUT2D eigenvalue weighted by Gasteiger charge is 2.20. The molecule has 0 amide bonds. The van der Waals surface area contributed by atoms with Crippen LogP contribution >= 0.6 is 11.8 Å². The molecule has 2 fully saturated rings. The number of nitrogens with two attached hydrogens (primary N) is 1. The van der Waals surface area contributed by atoms with Crippen molar-refractivity contribution in [2.75, 3.05) is 44.4 Å². The van der Waals surface area contributed by atoms with E-state index in [1.54, 1.807) is 0 Å². The van der Waals surface area contributed by atoms with E-state index in [1.165, 1.54) is 12.8 Å². The molecular weight excluding hydrogens is 222 g/mol. The second kappa shape index (κ2) is 6.35. The maximum absolute atomic E-state index is 5.91. The Morgan fingerprint density at radius 1 is 1.38 bits per heavy atom. The van der Waals surface area contributed by atoms with Gasteiger partial charge in [-0.25, -0.2) is 0 Å². The second-order valence-corrected chi connectivity index (χ2v) is 5.58. The van der Waals surface area contributed by atoms with Crippen LogP contribution < -0.4 is 5.73 Å². The lowest BCUT2D eigenvalue weighted by Crippen LogP contribution is -2.42. The van der Waals surface area contributed by atoms with Crippen LogP contribution in [0.5, 0.6) is 0 Å². The zero-order chi connectivity index (χ0) is 11.2. The molecule has 2 rings (SSSR count). The van der Waals surface area contributed by atoms with Crippen molar-refractivity contribution in [3.8, 4) is 0 Å². The van der Waals surface area contributed by atoms with Gasteiger partial charge in [0.15, 0.2) is 5.96 Å². The molecule has 0 radical (unpaired) electrons. The normalized spacial score (nSPS) is 22.5. The molecule has 4 nitrogen and oxygen atoms in total. The van der Waals surface area contributed by atoms with Crippen LogP contribution in [-0.2, 0) is 4.74 Å². The molecule has 0 atom stereocenters. The molecule has 0 aromatic heterocycles. The predicted molar refractivity (Wildman–Crippen MR) is 68.9 cm³/mol. The molecule has 16 heavy (non-hydrogen) atoms. The van der Waals surface area contributed by atoms with Crippen LogP contribution in [-0.4, -0.2) is 55.2 Å². The summed E-state index contributed by atoms with van der Waals surface area (Å²) in [7, 11) is 0. The van der Waals surface area contributed by atoms with Crippen molar-refractivity contribution < 1.29 is 4.74 Å². The van der Waals surface area contributed by atoms with E-state index in [9.17, 15) is 0 Å². The molecule has 1 saturated heterocycles. The van der Waals surface area contributed by atoms with Crippen molar-refractivity contribution in [2.45, 2.75) is 12.8 Å². The first kappa shape index (κ1) is 12.0. The highest BCUT2D eigenvalue weighted by molar-refractivity contribution is 7.99. The van der Waals surface area contributed by atoms with Crippen LogP contribution in [0.15, 0.2) is 4.99 Å². The van der Waals surface area contributed by atoms with Gasteiger partial charge in [0.2, 0.25) is 0 Å². The highest BCUT2D eigenvalue weighted by atomic mass is 32.2. The van der Waals surface area contributed by atoms with Crippen molar-refractivity contribution in [3.05, 3.63) is 0 Å². The average molecular weight is 243 g/mol. The van der Waals surface area contributed by atoms with E-state index in [4.69, 9.17) is 10.5 Å². The average Bonchev–Trinajstić information content (AvgIpc) is 3.13. The molecule has 1 aliphatic carbocycles. The molecule has 0 unspecified atom stereocenters. The Kier molecular flexibility index (Phi) is 4.78. The Morgan fingerprint density at radius 2 is 2.12 bits per heavy atom. The third-order valence-corrected chi connectivity index (χ3v) is 3.84. The quantitative estimate of drug-likeness (QED) is 0.440. The van der Waals surface area contributed by atoms with Gasteiger partial charge >= 0.3 is 0 Å². The van der Waals surface area contributed by atoms with Gasteiger partial charge in [-0.05, 0) is 18.8 Å². The number of hydrogen-bond acceptors (Lipinski definition) is 3. The first-order valence-electron chi connectivity index (χ1n) is 6.06. The Morgan fingerprint density at radius 3 is 2.81 bits per heavy atom. The summed E-state index contributed by atoms with van der Waals surface area (Å²) in [6.45, 7) is 4.38. The number of aliphatic imine (C=N–C) groups is 1. The molecule has 2 N–H and O–H groups in total. The molecule has 1 aliphatic heterocycles. The van der Waals surface area contributed by atoms with Crippen molar-refractivity contribution in [2.24, 2.45) is 16.6 Å². The van der Waals surface area contributed by atoms with Crippen LogP contribution in [0.4, 0.5) is 0 Å². The van der Waals surface area contributed by atoms with Gasteiger partial charge in [-0.15, -0.1) is 0 Å². The minimum atomic E-state index is 0.690. The van der Waals surface area contributed by atoms with Crippen molar-refractivity contribution in [1.82, 2.24) is 4.90 Å². The van der Waals surface area contributed by atoms with Crippen molar-refractivity contribution in [3.63, 3.8) is 0 Å². The highest BCUT2D eigenvalue weighted by Crippen LogP contribution is 2.28. The zero-order valence-electron chi connectivity index (χ0n) is 9.73. The molecule has 0 spiro atoms. The number of nitrogens with zero attached hydrogens (tertiary/aromatic N) is 2. The summed E-state index contributed by atoms with van der Waals surface area (Å²) in [5, 5.41) is 0. The van der Waals surface area contributed by atoms with E-state index >= 15 is 0 Å². The fourth-order valence-electron chi connectivity index (χ4n) is 1.65. The van der Waals surface area contributed by atoms with Gasteiger partial charge in [0, 0.05) is 31.2 Å². The first-order valence-corrected chi connectivity index (χ1v) is 7.22. The Labute approximate surface area is 102 Å². The molecule has 1 saturated carbocycles. The summed E-state index contributed by atoms with van der Waals surface area (Å²) in [5.41, 5.74) is 5.91. The monoisotopic (exact) mass is 243 g/mol. The van der Waals surface area contributed by atoms with Gasteiger partial charge < -0.3 is 15.4 Å². The summed E-state index contributed by atoms with van der Waals surface area (Å²) in [6, 6.07) is 0. The number of hydrogen-bond donors (Lipinski definition) is 1. The summed E-state index contributed by atoms with van der Waals surface area (Å²) >= 11 is 1.98. The summed E-state index contributed by atoms with van der Waals surface area (Å²) in [4.78, 5) is 6.52. The molecule has 0 aromatic carbocycles. The third-order valence-electron chi connectivity index (χ3n) is 2.89. The van der Waals surface area contributed by atoms with E-state index in [-0.39, 0.29) is 0 Å². The van der Waals surface area contributed by atoms with Crippen LogP contribution in [0.1, 0.15) is 12.8 Å². The fourth-order valence-corrected chi connectivity index (χ4v) is 2.55. The third kappa shape index (κ3) is 4.22. The van der Waals surface area contributed by atoms with Crippen molar-refractivity contribution >= 4 is 17.7 Å². The lowest BCUT2D eigenvalue weighted by molar-refractivity contribution is 0.131. The number of ether oxygens (including phenoxy) is 1. The smallest absolute Gasteiger partial charge is 0.191 e. The summed E-state index contributed by atoms with van der Waals surface area (Å²) in [6.07, 6.45) is 2.69. The van der Waals surface area contributed by atoms with E-state index < -0.39 is 0 Å². The number of thioether (sulfide) groups is 1. The molecule has 92 valence electrons. The largest absolute Gasteiger partial charge is 0.379 e. The topological polar surface area (TPSA) is 50.9 Å². The molecule has 5 heteroatoms. The van der Waals surface area contributed by atoms with Gasteiger partial charge in [-0.2, -0.15) is 11.8 Å². The van der Waals surface area contributed by atoms with Gasteiger partial charge in [0.25, 0.3) is 0 Å². The number of rotatable bonds is 5. The first-order chi connectivity index (χ1) is 7.86. The summed E-state index contributed by atoms with van der Waals surface area (Å²) < 4.78 is 5.51.